The Labute approximate surface area is 111 Å². The summed E-state index contributed by atoms with van der Waals surface area (Å²) in [7, 11) is 0. The summed E-state index contributed by atoms with van der Waals surface area (Å²) in [5.41, 5.74) is 2.47. The van der Waals surface area contributed by atoms with Gasteiger partial charge in [0.05, 0.1) is 13.2 Å². The minimum absolute atomic E-state index is 0.0476. The maximum atomic E-state index is 12.5. The van der Waals surface area contributed by atoms with Crippen LogP contribution in [0.15, 0.2) is 18.2 Å². The van der Waals surface area contributed by atoms with E-state index >= 15 is 0 Å². The Bertz CT molecular complexity index is 512. The molecule has 5 nitrogen and oxygen atoms in total. The number of morpholine rings is 1. The van der Waals surface area contributed by atoms with Crippen molar-refractivity contribution in [1.29, 1.82) is 0 Å². The molecule has 19 heavy (non-hydrogen) atoms. The van der Waals surface area contributed by atoms with Crippen LogP contribution >= 0.6 is 0 Å². The molecule has 0 bridgehead atoms. The molecule has 1 unspecified atom stereocenters. The topological polar surface area (TPSA) is 66.8 Å². The van der Waals surface area contributed by atoms with Crippen LogP contribution in [0.5, 0.6) is 0 Å². The summed E-state index contributed by atoms with van der Waals surface area (Å²) in [6.07, 6.45) is 0. The van der Waals surface area contributed by atoms with Gasteiger partial charge in [-0.1, -0.05) is 12.1 Å². The zero-order chi connectivity index (χ0) is 14.0. The molecule has 1 aromatic carbocycles. The van der Waals surface area contributed by atoms with Crippen molar-refractivity contribution in [3.05, 3.63) is 34.9 Å². The number of carboxylic acid groups (broad SMARTS) is 1. The van der Waals surface area contributed by atoms with Gasteiger partial charge in [0.25, 0.3) is 5.91 Å². The largest absolute Gasteiger partial charge is 0.480 e. The van der Waals surface area contributed by atoms with Crippen LogP contribution in [0.3, 0.4) is 0 Å². The van der Waals surface area contributed by atoms with Gasteiger partial charge in [-0.05, 0) is 31.0 Å². The number of nitrogens with zero attached hydrogens (tertiary/aromatic N) is 1. The molecule has 102 valence electrons. The number of aliphatic carboxylic acids is 1. The lowest BCUT2D eigenvalue weighted by Gasteiger charge is -2.33. The molecule has 1 N–H and O–H groups in total. The van der Waals surface area contributed by atoms with Gasteiger partial charge in [0.15, 0.2) is 6.04 Å². The molecule has 1 heterocycles. The summed E-state index contributed by atoms with van der Waals surface area (Å²) in [6, 6.07) is 4.58. The monoisotopic (exact) mass is 263 g/mol. The van der Waals surface area contributed by atoms with Gasteiger partial charge < -0.3 is 14.7 Å². The number of carbonyl (C=O) groups excluding carboxylic acids is 1. The second kappa shape index (κ2) is 5.40. The smallest absolute Gasteiger partial charge is 0.328 e. The van der Waals surface area contributed by atoms with Crippen LogP contribution in [0.25, 0.3) is 0 Å². The molecule has 1 saturated heterocycles. The van der Waals surface area contributed by atoms with E-state index in [-0.39, 0.29) is 12.5 Å². The number of carbonyl (C=O) groups is 2. The van der Waals surface area contributed by atoms with Crippen LogP contribution in [-0.2, 0) is 9.53 Å². The molecule has 1 atom stereocenters. The number of ether oxygens (including phenoxy) is 1. The van der Waals surface area contributed by atoms with E-state index in [0.29, 0.717) is 18.7 Å². The zero-order valence-corrected chi connectivity index (χ0v) is 11.0. The third kappa shape index (κ3) is 2.61. The van der Waals surface area contributed by atoms with Crippen molar-refractivity contribution in [2.75, 3.05) is 19.8 Å². The summed E-state index contributed by atoms with van der Waals surface area (Å²) >= 11 is 0. The maximum absolute atomic E-state index is 12.5. The minimum atomic E-state index is -1.03. The second-order valence-corrected chi connectivity index (χ2v) is 4.67. The second-order valence-electron chi connectivity index (χ2n) is 4.67. The first-order valence-electron chi connectivity index (χ1n) is 6.20. The van der Waals surface area contributed by atoms with E-state index in [1.54, 1.807) is 6.07 Å². The SMILES string of the molecule is Cc1cccc(C(=O)N2CCOCC2C(=O)O)c1C. The van der Waals surface area contributed by atoms with Gasteiger partial charge in [0.1, 0.15) is 0 Å². The number of aryl methyl sites for hydroxylation is 1. The first kappa shape index (κ1) is 13.5. The Morgan fingerprint density at radius 2 is 2.11 bits per heavy atom. The summed E-state index contributed by atoms with van der Waals surface area (Å²) in [6.45, 7) is 4.54. The molecular weight excluding hydrogens is 246 g/mol. The molecule has 0 aliphatic carbocycles. The Morgan fingerprint density at radius 3 is 2.79 bits per heavy atom. The highest BCUT2D eigenvalue weighted by molar-refractivity contribution is 5.98. The average Bonchev–Trinajstić information content (AvgIpc) is 2.41. The molecule has 2 rings (SSSR count). The number of rotatable bonds is 2. The molecule has 1 aliphatic heterocycles. The van der Waals surface area contributed by atoms with Crippen LogP contribution < -0.4 is 0 Å². The molecule has 0 radical (unpaired) electrons. The van der Waals surface area contributed by atoms with E-state index in [1.165, 1.54) is 4.90 Å². The summed E-state index contributed by atoms with van der Waals surface area (Å²) < 4.78 is 5.14. The molecule has 1 aliphatic rings. The van der Waals surface area contributed by atoms with Crippen molar-refractivity contribution >= 4 is 11.9 Å². The third-order valence-corrected chi connectivity index (χ3v) is 3.51. The van der Waals surface area contributed by atoms with Crippen molar-refractivity contribution in [2.45, 2.75) is 19.9 Å². The number of benzene rings is 1. The lowest BCUT2D eigenvalue weighted by atomic mass is 10.0. The van der Waals surface area contributed by atoms with Crippen molar-refractivity contribution < 1.29 is 19.4 Å². The van der Waals surface area contributed by atoms with E-state index in [4.69, 9.17) is 9.84 Å². The number of carboxylic acids is 1. The molecule has 0 spiro atoms. The van der Waals surface area contributed by atoms with Crippen LogP contribution in [0.1, 0.15) is 21.5 Å². The van der Waals surface area contributed by atoms with Crippen LogP contribution in [0.4, 0.5) is 0 Å². The molecule has 5 heteroatoms. The standard InChI is InChI=1S/C14H17NO4/c1-9-4-3-5-11(10(9)2)13(16)15-6-7-19-8-12(15)14(17)18/h3-5,12H,6-8H2,1-2H3,(H,17,18). The van der Waals surface area contributed by atoms with Crippen LogP contribution in [-0.4, -0.2) is 47.7 Å². The average molecular weight is 263 g/mol. The molecule has 1 fully saturated rings. The van der Waals surface area contributed by atoms with Gasteiger partial charge in [-0.3, -0.25) is 4.79 Å². The highest BCUT2D eigenvalue weighted by Crippen LogP contribution is 2.18. The zero-order valence-electron chi connectivity index (χ0n) is 11.0. The van der Waals surface area contributed by atoms with Gasteiger partial charge >= 0.3 is 5.97 Å². The van der Waals surface area contributed by atoms with Crippen LogP contribution in [0.2, 0.25) is 0 Å². The van der Waals surface area contributed by atoms with Gasteiger partial charge in [0.2, 0.25) is 0 Å². The van der Waals surface area contributed by atoms with Gasteiger partial charge in [-0.25, -0.2) is 4.79 Å². The number of hydrogen-bond donors (Lipinski definition) is 1. The van der Waals surface area contributed by atoms with E-state index in [9.17, 15) is 9.59 Å². The Kier molecular flexibility index (Phi) is 3.85. The fourth-order valence-corrected chi connectivity index (χ4v) is 2.19. The van der Waals surface area contributed by atoms with Crippen LogP contribution in [0, 0.1) is 13.8 Å². The first-order chi connectivity index (χ1) is 9.02. The van der Waals surface area contributed by atoms with Gasteiger partial charge in [0, 0.05) is 12.1 Å². The molecule has 1 aromatic rings. The van der Waals surface area contributed by atoms with Crippen molar-refractivity contribution in [2.24, 2.45) is 0 Å². The first-order valence-corrected chi connectivity index (χ1v) is 6.20. The predicted octanol–water partition coefficient (Wildman–Crippen LogP) is 1.23. The lowest BCUT2D eigenvalue weighted by molar-refractivity contribution is -0.147. The maximum Gasteiger partial charge on any atom is 0.328 e. The normalized spacial score (nSPS) is 19.3. The number of hydrogen-bond acceptors (Lipinski definition) is 3. The van der Waals surface area contributed by atoms with Gasteiger partial charge in [-0.15, -0.1) is 0 Å². The summed E-state index contributed by atoms with van der Waals surface area (Å²) in [5, 5.41) is 9.15. The van der Waals surface area contributed by atoms with E-state index in [1.807, 2.05) is 26.0 Å². The van der Waals surface area contributed by atoms with Crippen molar-refractivity contribution in [3.63, 3.8) is 0 Å². The molecular formula is C14H17NO4. The van der Waals surface area contributed by atoms with E-state index in [2.05, 4.69) is 0 Å². The van der Waals surface area contributed by atoms with Crippen molar-refractivity contribution in [3.8, 4) is 0 Å². The summed E-state index contributed by atoms with van der Waals surface area (Å²) in [5.74, 6) is -1.27. The van der Waals surface area contributed by atoms with Crippen molar-refractivity contribution in [1.82, 2.24) is 4.90 Å². The lowest BCUT2D eigenvalue weighted by Crippen LogP contribution is -2.52. The number of amides is 1. The molecule has 1 amide bonds. The quantitative estimate of drug-likeness (QED) is 0.871. The fourth-order valence-electron chi connectivity index (χ4n) is 2.19. The minimum Gasteiger partial charge on any atom is -0.480 e. The molecule has 0 saturated carbocycles. The Balaban J connectivity index is 2.31. The molecule has 0 aromatic heterocycles. The van der Waals surface area contributed by atoms with Gasteiger partial charge in [-0.2, -0.15) is 0 Å². The van der Waals surface area contributed by atoms with E-state index < -0.39 is 12.0 Å². The van der Waals surface area contributed by atoms with E-state index in [0.717, 1.165) is 11.1 Å². The predicted molar refractivity (Wildman–Crippen MR) is 69.2 cm³/mol. The highest BCUT2D eigenvalue weighted by atomic mass is 16.5. The Morgan fingerprint density at radius 1 is 1.37 bits per heavy atom. The highest BCUT2D eigenvalue weighted by Gasteiger charge is 2.33. The fraction of sp³-hybridized carbons (Fsp3) is 0.429. The summed E-state index contributed by atoms with van der Waals surface area (Å²) in [4.78, 5) is 25.1. The third-order valence-electron chi connectivity index (χ3n) is 3.51. The Hall–Kier alpha value is -1.88.